The van der Waals surface area contributed by atoms with Gasteiger partial charge in [-0.1, -0.05) is 31.5 Å². The molecule has 7 heteroatoms. The fourth-order valence-electron chi connectivity index (χ4n) is 3.85. The van der Waals surface area contributed by atoms with Crippen molar-refractivity contribution in [2.24, 2.45) is 5.92 Å². The summed E-state index contributed by atoms with van der Waals surface area (Å²) in [5, 5.41) is 2.95. The van der Waals surface area contributed by atoms with Crippen LogP contribution in [0.15, 0.2) is 48.5 Å². The van der Waals surface area contributed by atoms with Gasteiger partial charge >= 0.3 is 0 Å². The Kier molecular flexibility index (Phi) is 9.38. The number of amides is 2. The van der Waals surface area contributed by atoms with Crippen molar-refractivity contribution < 1.29 is 23.8 Å². The van der Waals surface area contributed by atoms with E-state index in [1.54, 1.807) is 31.3 Å². The Balaban J connectivity index is 1.51. The van der Waals surface area contributed by atoms with E-state index in [1.807, 2.05) is 42.5 Å². The summed E-state index contributed by atoms with van der Waals surface area (Å²) >= 11 is 0. The van der Waals surface area contributed by atoms with E-state index in [0.29, 0.717) is 55.5 Å². The third-order valence-electron chi connectivity index (χ3n) is 5.90. The second kappa shape index (κ2) is 12.7. The maximum Gasteiger partial charge on any atom is 0.246 e. The number of piperidine rings is 1. The van der Waals surface area contributed by atoms with Gasteiger partial charge in [0.15, 0.2) is 11.5 Å². The summed E-state index contributed by atoms with van der Waals surface area (Å²) in [7, 11) is 3.18. The van der Waals surface area contributed by atoms with Crippen LogP contribution in [0.5, 0.6) is 17.2 Å². The number of carbonyl (C=O) groups is 2. The molecule has 0 aromatic heterocycles. The lowest BCUT2D eigenvalue weighted by atomic mass is 9.95. The topological polar surface area (TPSA) is 77.1 Å². The molecule has 0 spiro atoms. The number of methoxy groups -OCH3 is 2. The second-order valence-electron chi connectivity index (χ2n) is 8.23. The van der Waals surface area contributed by atoms with Crippen molar-refractivity contribution in [3.63, 3.8) is 0 Å². The zero-order chi connectivity index (χ0) is 24.3. The highest BCUT2D eigenvalue weighted by Gasteiger charge is 2.27. The van der Waals surface area contributed by atoms with Gasteiger partial charge in [0.05, 0.1) is 26.5 Å². The molecule has 1 aliphatic heterocycles. The first-order chi connectivity index (χ1) is 16.5. The zero-order valence-electron chi connectivity index (χ0n) is 20.2. The molecule has 1 heterocycles. The first-order valence-corrected chi connectivity index (χ1v) is 11.8. The first-order valence-electron chi connectivity index (χ1n) is 11.8. The van der Waals surface area contributed by atoms with Gasteiger partial charge < -0.3 is 24.4 Å². The van der Waals surface area contributed by atoms with Crippen LogP contribution in [-0.2, 0) is 9.59 Å². The largest absolute Gasteiger partial charge is 0.495 e. The molecule has 7 nitrogen and oxygen atoms in total. The third kappa shape index (κ3) is 6.76. The van der Waals surface area contributed by atoms with Crippen molar-refractivity contribution in [1.82, 2.24) is 4.90 Å². The van der Waals surface area contributed by atoms with Crippen LogP contribution in [-0.4, -0.2) is 50.6 Å². The minimum Gasteiger partial charge on any atom is -0.495 e. The molecule has 2 aromatic rings. The standard InChI is InChI=1S/C27H34N2O5/c1-4-5-18-34-24-12-10-20(19-25(24)33-3)11-13-26(30)29-16-14-21(15-17-29)27(31)28-22-8-6-7-9-23(22)32-2/h6-13,19,21H,4-5,14-18H2,1-3H3,(H,28,31)/b13-11+. The molecule has 1 N–H and O–H groups in total. The molecule has 0 radical (unpaired) electrons. The van der Waals surface area contributed by atoms with Crippen molar-refractivity contribution >= 4 is 23.6 Å². The van der Waals surface area contributed by atoms with Crippen molar-refractivity contribution in [3.8, 4) is 17.2 Å². The van der Waals surface area contributed by atoms with Gasteiger partial charge in [0.25, 0.3) is 0 Å². The summed E-state index contributed by atoms with van der Waals surface area (Å²) in [5.74, 6) is 1.74. The highest BCUT2D eigenvalue weighted by atomic mass is 16.5. The van der Waals surface area contributed by atoms with Crippen molar-refractivity contribution in [3.05, 3.63) is 54.1 Å². The van der Waals surface area contributed by atoms with E-state index in [4.69, 9.17) is 14.2 Å². The van der Waals surface area contributed by atoms with Crippen LogP contribution in [0.1, 0.15) is 38.2 Å². The number of hydrogen-bond donors (Lipinski definition) is 1. The van der Waals surface area contributed by atoms with E-state index in [9.17, 15) is 9.59 Å². The fraction of sp³-hybridized carbons (Fsp3) is 0.407. The lowest BCUT2D eigenvalue weighted by Gasteiger charge is -2.30. The summed E-state index contributed by atoms with van der Waals surface area (Å²) in [6.07, 6.45) is 6.65. The summed E-state index contributed by atoms with van der Waals surface area (Å²) in [6, 6.07) is 13.0. The number of nitrogens with one attached hydrogen (secondary N) is 1. The Morgan fingerprint density at radius 2 is 1.76 bits per heavy atom. The van der Waals surface area contributed by atoms with Crippen molar-refractivity contribution in [1.29, 1.82) is 0 Å². The average molecular weight is 467 g/mol. The van der Waals surface area contributed by atoms with E-state index in [-0.39, 0.29) is 17.7 Å². The number of carbonyl (C=O) groups excluding carboxylic acids is 2. The Morgan fingerprint density at radius 1 is 1.03 bits per heavy atom. The van der Waals surface area contributed by atoms with Crippen LogP contribution in [0.4, 0.5) is 5.69 Å². The van der Waals surface area contributed by atoms with Crippen LogP contribution in [0.25, 0.3) is 6.08 Å². The van der Waals surface area contributed by atoms with Crippen LogP contribution < -0.4 is 19.5 Å². The molecule has 0 aliphatic carbocycles. The number of benzene rings is 2. The minimum absolute atomic E-state index is 0.0412. The van der Waals surface area contributed by atoms with Gasteiger partial charge in [-0.05, 0) is 55.2 Å². The van der Waals surface area contributed by atoms with Gasteiger partial charge in [-0.3, -0.25) is 9.59 Å². The normalized spacial score (nSPS) is 14.1. The molecule has 0 bridgehead atoms. The lowest BCUT2D eigenvalue weighted by molar-refractivity contribution is -0.130. The summed E-state index contributed by atoms with van der Waals surface area (Å²) in [4.78, 5) is 27.2. The molecule has 0 saturated carbocycles. The summed E-state index contributed by atoms with van der Waals surface area (Å²) in [6.45, 7) is 3.85. The minimum atomic E-state index is -0.137. The molecule has 0 unspecified atom stereocenters. The zero-order valence-corrected chi connectivity index (χ0v) is 20.2. The molecule has 3 rings (SSSR count). The highest BCUT2D eigenvalue weighted by Crippen LogP contribution is 2.29. The second-order valence-corrected chi connectivity index (χ2v) is 8.23. The van der Waals surface area contributed by atoms with E-state index in [1.165, 1.54) is 0 Å². The van der Waals surface area contributed by atoms with E-state index in [2.05, 4.69) is 12.2 Å². The molecule has 1 saturated heterocycles. The monoisotopic (exact) mass is 466 g/mol. The van der Waals surface area contributed by atoms with E-state index >= 15 is 0 Å². The molecule has 2 aromatic carbocycles. The van der Waals surface area contributed by atoms with Crippen molar-refractivity contribution in [2.45, 2.75) is 32.6 Å². The maximum atomic E-state index is 12.7. The molecule has 182 valence electrons. The Bertz CT molecular complexity index is 996. The molecule has 1 aliphatic rings. The fourth-order valence-corrected chi connectivity index (χ4v) is 3.85. The van der Waals surface area contributed by atoms with Gasteiger partial charge in [-0.2, -0.15) is 0 Å². The lowest BCUT2D eigenvalue weighted by Crippen LogP contribution is -2.40. The molecule has 1 fully saturated rings. The number of hydrogen-bond acceptors (Lipinski definition) is 5. The van der Waals surface area contributed by atoms with Gasteiger partial charge in [0, 0.05) is 25.1 Å². The molecule has 34 heavy (non-hydrogen) atoms. The molecule has 2 amide bonds. The predicted octanol–water partition coefficient (Wildman–Crippen LogP) is 4.77. The van der Waals surface area contributed by atoms with Gasteiger partial charge in [0.2, 0.25) is 11.8 Å². The van der Waals surface area contributed by atoms with Gasteiger partial charge in [0.1, 0.15) is 5.75 Å². The number of rotatable bonds is 10. The number of likely N-dealkylation sites (tertiary alicyclic amines) is 1. The summed E-state index contributed by atoms with van der Waals surface area (Å²) in [5.41, 5.74) is 1.52. The smallest absolute Gasteiger partial charge is 0.246 e. The Hall–Kier alpha value is -3.48. The Morgan fingerprint density at radius 3 is 2.47 bits per heavy atom. The van der Waals surface area contributed by atoms with Crippen LogP contribution in [0.2, 0.25) is 0 Å². The van der Waals surface area contributed by atoms with Crippen LogP contribution in [0, 0.1) is 5.92 Å². The Labute approximate surface area is 201 Å². The maximum absolute atomic E-state index is 12.7. The summed E-state index contributed by atoms with van der Waals surface area (Å²) < 4.78 is 16.5. The van der Waals surface area contributed by atoms with E-state index in [0.717, 1.165) is 18.4 Å². The number of nitrogens with zero attached hydrogens (tertiary/aromatic N) is 1. The van der Waals surface area contributed by atoms with Crippen LogP contribution in [0.3, 0.4) is 0 Å². The quantitative estimate of drug-likeness (QED) is 0.403. The van der Waals surface area contributed by atoms with E-state index < -0.39 is 0 Å². The number of para-hydroxylation sites is 2. The number of anilines is 1. The highest BCUT2D eigenvalue weighted by molar-refractivity contribution is 5.95. The first kappa shape index (κ1) is 25.1. The average Bonchev–Trinajstić information content (AvgIpc) is 2.88. The van der Waals surface area contributed by atoms with Gasteiger partial charge in [-0.25, -0.2) is 0 Å². The SMILES string of the molecule is CCCCOc1ccc(/C=C/C(=O)N2CCC(C(=O)Nc3ccccc3OC)CC2)cc1OC. The molecule has 0 atom stereocenters. The van der Waals surface area contributed by atoms with Crippen LogP contribution >= 0.6 is 0 Å². The molecular weight excluding hydrogens is 432 g/mol. The van der Waals surface area contributed by atoms with Crippen molar-refractivity contribution in [2.75, 3.05) is 39.2 Å². The van der Waals surface area contributed by atoms with Gasteiger partial charge in [-0.15, -0.1) is 0 Å². The third-order valence-corrected chi connectivity index (χ3v) is 5.90. The molecular formula is C27H34N2O5. The number of unbranched alkanes of at least 4 members (excludes halogenated alkanes) is 1. The predicted molar refractivity (Wildman–Crippen MR) is 133 cm³/mol. The number of ether oxygens (including phenoxy) is 3.